The number of hydrogen-bond donors (Lipinski definition) is 1. The number of nitrogens with zero attached hydrogens (tertiary/aromatic N) is 2. The standard InChI is InChI=1S/C10H19N3/c1-4-7-13-10(5-6-12-13)8-11-9(2)3/h5-6,9,11H,4,7-8H2,1-3H3. The van der Waals surface area contributed by atoms with E-state index in [2.05, 4.69) is 41.9 Å². The fourth-order valence-electron chi connectivity index (χ4n) is 1.23. The van der Waals surface area contributed by atoms with Crippen molar-refractivity contribution in [1.82, 2.24) is 15.1 Å². The molecule has 0 aromatic carbocycles. The van der Waals surface area contributed by atoms with E-state index in [-0.39, 0.29) is 0 Å². The molecule has 0 aliphatic heterocycles. The molecule has 0 unspecified atom stereocenters. The third kappa shape index (κ3) is 3.19. The predicted octanol–water partition coefficient (Wildman–Crippen LogP) is 1.79. The molecule has 0 fully saturated rings. The van der Waals surface area contributed by atoms with Gasteiger partial charge < -0.3 is 5.32 Å². The second kappa shape index (κ2) is 5.02. The van der Waals surface area contributed by atoms with E-state index in [1.54, 1.807) is 0 Å². The molecule has 13 heavy (non-hydrogen) atoms. The van der Waals surface area contributed by atoms with Gasteiger partial charge in [-0.25, -0.2) is 0 Å². The van der Waals surface area contributed by atoms with E-state index in [1.165, 1.54) is 5.69 Å². The van der Waals surface area contributed by atoms with Crippen LogP contribution in [0.1, 0.15) is 32.9 Å². The summed E-state index contributed by atoms with van der Waals surface area (Å²) in [6, 6.07) is 2.61. The first-order chi connectivity index (χ1) is 6.24. The van der Waals surface area contributed by atoms with Crippen LogP contribution in [0, 0.1) is 0 Å². The van der Waals surface area contributed by atoms with Crippen molar-refractivity contribution in [3.63, 3.8) is 0 Å². The highest BCUT2D eigenvalue weighted by atomic mass is 15.3. The Morgan fingerprint density at radius 1 is 1.54 bits per heavy atom. The van der Waals surface area contributed by atoms with E-state index in [1.807, 2.05) is 6.20 Å². The maximum Gasteiger partial charge on any atom is 0.0522 e. The Hall–Kier alpha value is -0.830. The van der Waals surface area contributed by atoms with E-state index in [0.717, 1.165) is 19.5 Å². The largest absolute Gasteiger partial charge is 0.309 e. The van der Waals surface area contributed by atoms with E-state index in [9.17, 15) is 0 Å². The zero-order valence-corrected chi connectivity index (χ0v) is 8.75. The monoisotopic (exact) mass is 181 g/mol. The van der Waals surface area contributed by atoms with Crippen LogP contribution in [0.25, 0.3) is 0 Å². The lowest BCUT2D eigenvalue weighted by Crippen LogP contribution is -2.23. The Morgan fingerprint density at radius 2 is 2.31 bits per heavy atom. The molecule has 1 aromatic heterocycles. The Kier molecular flexibility index (Phi) is 3.96. The van der Waals surface area contributed by atoms with Crippen LogP contribution in [0.4, 0.5) is 0 Å². The van der Waals surface area contributed by atoms with Crippen molar-refractivity contribution < 1.29 is 0 Å². The van der Waals surface area contributed by atoms with Crippen LogP contribution in [-0.2, 0) is 13.1 Å². The Labute approximate surface area is 80.1 Å². The molecule has 0 atom stereocenters. The summed E-state index contributed by atoms with van der Waals surface area (Å²) in [4.78, 5) is 0. The molecule has 0 aliphatic rings. The van der Waals surface area contributed by atoms with Crippen LogP contribution in [0.15, 0.2) is 12.3 Å². The third-order valence-corrected chi connectivity index (χ3v) is 1.93. The first kappa shape index (κ1) is 10.3. The highest BCUT2D eigenvalue weighted by Gasteiger charge is 2.01. The Bertz CT molecular complexity index is 240. The van der Waals surface area contributed by atoms with Crippen molar-refractivity contribution in [3.05, 3.63) is 18.0 Å². The number of aromatic nitrogens is 2. The van der Waals surface area contributed by atoms with Crippen LogP contribution < -0.4 is 5.32 Å². The average Bonchev–Trinajstić information content (AvgIpc) is 2.49. The minimum Gasteiger partial charge on any atom is -0.309 e. The molecule has 0 spiro atoms. The van der Waals surface area contributed by atoms with E-state index in [4.69, 9.17) is 0 Å². The minimum atomic E-state index is 0.532. The molecule has 74 valence electrons. The molecular formula is C10H19N3. The summed E-state index contributed by atoms with van der Waals surface area (Å²) in [6.07, 6.45) is 3.00. The normalized spacial score (nSPS) is 11.1. The van der Waals surface area contributed by atoms with Gasteiger partial charge in [0.05, 0.1) is 5.69 Å². The maximum atomic E-state index is 4.26. The second-order valence-electron chi connectivity index (χ2n) is 3.58. The van der Waals surface area contributed by atoms with Crippen molar-refractivity contribution >= 4 is 0 Å². The summed E-state index contributed by atoms with van der Waals surface area (Å²) in [5.41, 5.74) is 1.27. The highest BCUT2D eigenvalue weighted by molar-refractivity contribution is 5.00. The molecule has 0 aliphatic carbocycles. The van der Waals surface area contributed by atoms with Gasteiger partial charge >= 0.3 is 0 Å². The van der Waals surface area contributed by atoms with Crippen LogP contribution in [0.2, 0.25) is 0 Å². The van der Waals surface area contributed by atoms with Crippen LogP contribution in [0.3, 0.4) is 0 Å². The summed E-state index contributed by atoms with van der Waals surface area (Å²) in [5, 5.41) is 7.65. The van der Waals surface area contributed by atoms with Gasteiger partial charge in [0.2, 0.25) is 0 Å². The summed E-state index contributed by atoms with van der Waals surface area (Å²) in [5.74, 6) is 0. The Balaban J connectivity index is 2.49. The molecule has 0 amide bonds. The molecule has 0 bridgehead atoms. The fourth-order valence-corrected chi connectivity index (χ4v) is 1.23. The molecule has 0 saturated carbocycles. The van der Waals surface area contributed by atoms with Gasteiger partial charge in [-0.15, -0.1) is 0 Å². The molecule has 3 heteroatoms. The minimum absolute atomic E-state index is 0.532. The average molecular weight is 181 g/mol. The van der Waals surface area contributed by atoms with Gasteiger partial charge in [0.15, 0.2) is 0 Å². The van der Waals surface area contributed by atoms with Crippen molar-refractivity contribution in [1.29, 1.82) is 0 Å². The van der Waals surface area contributed by atoms with Crippen molar-refractivity contribution in [2.45, 2.75) is 46.3 Å². The van der Waals surface area contributed by atoms with Gasteiger partial charge in [-0.05, 0) is 12.5 Å². The topological polar surface area (TPSA) is 29.9 Å². The van der Waals surface area contributed by atoms with Gasteiger partial charge in [-0.2, -0.15) is 5.10 Å². The Morgan fingerprint density at radius 3 is 2.92 bits per heavy atom. The smallest absolute Gasteiger partial charge is 0.0522 e. The summed E-state index contributed by atoms with van der Waals surface area (Å²) >= 11 is 0. The van der Waals surface area contributed by atoms with Gasteiger partial charge in [-0.3, -0.25) is 4.68 Å². The number of rotatable bonds is 5. The summed E-state index contributed by atoms with van der Waals surface area (Å²) in [7, 11) is 0. The summed E-state index contributed by atoms with van der Waals surface area (Å²) in [6.45, 7) is 8.40. The third-order valence-electron chi connectivity index (χ3n) is 1.93. The molecule has 1 N–H and O–H groups in total. The first-order valence-corrected chi connectivity index (χ1v) is 4.98. The van der Waals surface area contributed by atoms with Gasteiger partial charge in [0.25, 0.3) is 0 Å². The molecule has 0 saturated heterocycles. The molecule has 3 nitrogen and oxygen atoms in total. The highest BCUT2D eigenvalue weighted by Crippen LogP contribution is 2.00. The zero-order valence-electron chi connectivity index (χ0n) is 8.75. The lowest BCUT2D eigenvalue weighted by Gasteiger charge is -2.09. The number of hydrogen-bond acceptors (Lipinski definition) is 2. The van der Waals surface area contributed by atoms with Crippen LogP contribution in [0.5, 0.6) is 0 Å². The second-order valence-corrected chi connectivity index (χ2v) is 3.58. The number of nitrogens with one attached hydrogen (secondary N) is 1. The fraction of sp³-hybridized carbons (Fsp3) is 0.700. The lowest BCUT2D eigenvalue weighted by molar-refractivity contribution is 0.523. The van der Waals surface area contributed by atoms with Crippen molar-refractivity contribution in [2.24, 2.45) is 0 Å². The van der Waals surface area contributed by atoms with Gasteiger partial charge in [0, 0.05) is 25.3 Å². The zero-order chi connectivity index (χ0) is 9.68. The van der Waals surface area contributed by atoms with Crippen LogP contribution >= 0.6 is 0 Å². The van der Waals surface area contributed by atoms with Crippen molar-refractivity contribution in [3.8, 4) is 0 Å². The first-order valence-electron chi connectivity index (χ1n) is 4.98. The van der Waals surface area contributed by atoms with E-state index in [0.29, 0.717) is 6.04 Å². The quantitative estimate of drug-likeness (QED) is 0.750. The predicted molar refractivity (Wildman–Crippen MR) is 54.5 cm³/mol. The SMILES string of the molecule is CCCn1nccc1CNC(C)C. The number of aryl methyl sites for hydroxylation is 1. The molecular weight excluding hydrogens is 162 g/mol. The van der Waals surface area contributed by atoms with Gasteiger partial charge in [0.1, 0.15) is 0 Å². The van der Waals surface area contributed by atoms with E-state index < -0.39 is 0 Å². The molecule has 1 rings (SSSR count). The van der Waals surface area contributed by atoms with Crippen LogP contribution in [-0.4, -0.2) is 15.8 Å². The summed E-state index contributed by atoms with van der Waals surface area (Å²) < 4.78 is 2.06. The molecule has 0 radical (unpaired) electrons. The van der Waals surface area contributed by atoms with Crippen molar-refractivity contribution in [2.75, 3.05) is 0 Å². The van der Waals surface area contributed by atoms with Gasteiger partial charge in [-0.1, -0.05) is 20.8 Å². The van der Waals surface area contributed by atoms with E-state index >= 15 is 0 Å². The lowest BCUT2D eigenvalue weighted by atomic mass is 10.3. The maximum absolute atomic E-state index is 4.26. The molecule has 1 aromatic rings. The molecule has 1 heterocycles.